The largest absolute Gasteiger partial charge is 0.493 e. The predicted octanol–water partition coefficient (Wildman–Crippen LogP) is 1.73. The van der Waals surface area contributed by atoms with Gasteiger partial charge in [0.1, 0.15) is 5.75 Å². The molecule has 2 rings (SSSR count). The third-order valence-corrected chi connectivity index (χ3v) is 3.12. The molecule has 1 aliphatic rings. The van der Waals surface area contributed by atoms with E-state index in [9.17, 15) is 10.1 Å². The van der Waals surface area contributed by atoms with Crippen molar-refractivity contribution in [2.75, 3.05) is 26.9 Å². The second-order valence-corrected chi connectivity index (χ2v) is 4.62. The SMILES string of the molecule is CNCc1cc([N+](=O)[O-])ccc1OCC1CCOC1. The molecule has 0 spiro atoms. The Kier molecular flexibility index (Phi) is 4.70. The van der Waals surface area contributed by atoms with Crippen molar-refractivity contribution in [3.8, 4) is 5.75 Å². The molecule has 1 N–H and O–H groups in total. The Morgan fingerprint density at radius 3 is 3.05 bits per heavy atom. The fraction of sp³-hybridized carbons (Fsp3) is 0.538. The molecule has 6 nitrogen and oxygen atoms in total. The Labute approximate surface area is 111 Å². The first-order chi connectivity index (χ1) is 9.20. The summed E-state index contributed by atoms with van der Waals surface area (Å²) in [4.78, 5) is 10.4. The van der Waals surface area contributed by atoms with Gasteiger partial charge in [0.15, 0.2) is 0 Å². The Hall–Kier alpha value is -1.66. The third kappa shape index (κ3) is 3.65. The van der Waals surface area contributed by atoms with Crippen molar-refractivity contribution < 1.29 is 14.4 Å². The lowest BCUT2D eigenvalue weighted by Gasteiger charge is -2.13. The maximum Gasteiger partial charge on any atom is 0.270 e. The minimum atomic E-state index is -0.395. The van der Waals surface area contributed by atoms with Crippen LogP contribution < -0.4 is 10.1 Å². The van der Waals surface area contributed by atoms with Crippen molar-refractivity contribution >= 4 is 5.69 Å². The van der Waals surface area contributed by atoms with E-state index in [-0.39, 0.29) is 5.69 Å². The van der Waals surface area contributed by atoms with E-state index in [1.807, 2.05) is 0 Å². The lowest BCUT2D eigenvalue weighted by Crippen LogP contribution is -2.14. The molecule has 0 radical (unpaired) electrons. The standard InChI is InChI=1S/C13H18N2O4/c1-14-7-11-6-12(15(16)17)2-3-13(11)19-9-10-4-5-18-8-10/h2-3,6,10,14H,4-5,7-9H2,1H3. The summed E-state index contributed by atoms with van der Waals surface area (Å²) in [6.07, 6.45) is 1.01. The molecule has 1 heterocycles. The normalized spacial score (nSPS) is 18.5. The van der Waals surface area contributed by atoms with Gasteiger partial charge in [0.2, 0.25) is 0 Å². The van der Waals surface area contributed by atoms with E-state index in [1.165, 1.54) is 6.07 Å². The molecule has 6 heteroatoms. The van der Waals surface area contributed by atoms with Crippen LogP contribution in [0.3, 0.4) is 0 Å². The summed E-state index contributed by atoms with van der Waals surface area (Å²) in [7, 11) is 1.80. The number of non-ortho nitro benzene ring substituents is 1. The molecular formula is C13H18N2O4. The Balaban J connectivity index is 2.06. The minimum Gasteiger partial charge on any atom is -0.493 e. The minimum absolute atomic E-state index is 0.0850. The zero-order valence-corrected chi connectivity index (χ0v) is 10.9. The van der Waals surface area contributed by atoms with E-state index in [0.29, 0.717) is 24.8 Å². The average molecular weight is 266 g/mol. The number of nitro benzene ring substituents is 1. The Morgan fingerprint density at radius 2 is 2.42 bits per heavy atom. The summed E-state index contributed by atoms with van der Waals surface area (Å²) in [5, 5.41) is 13.8. The summed E-state index contributed by atoms with van der Waals surface area (Å²) in [5.74, 6) is 1.12. The van der Waals surface area contributed by atoms with E-state index >= 15 is 0 Å². The van der Waals surface area contributed by atoms with Gasteiger partial charge in [-0.15, -0.1) is 0 Å². The molecule has 1 aromatic carbocycles. The van der Waals surface area contributed by atoms with Crippen LogP contribution in [0, 0.1) is 16.0 Å². The van der Waals surface area contributed by atoms with Gasteiger partial charge in [-0.2, -0.15) is 0 Å². The highest BCUT2D eigenvalue weighted by Crippen LogP contribution is 2.25. The molecule has 0 aliphatic carbocycles. The first-order valence-electron chi connectivity index (χ1n) is 6.33. The first-order valence-corrected chi connectivity index (χ1v) is 6.33. The highest BCUT2D eigenvalue weighted by Gasteiger charge is 2.17. The molecule has 0 aromatic heterocycles. The number of hydrogen-bond acceptors (Lipinski definition) is 5. The summed E-state index contributed by atoms with van der Waals surface area (Å²) < 4.78 is 11.1. The topological polar surface area (TPSA) is 73.6 Å². The molecule has 0 saturated carbocycles. The number of ether oxygens (including phenoxy) is 2. The number of nitrogens with one attached hydrogen (secondary N) is 1. The fourth-order valence-corrected chi connectivity index (χ4v) is 2.07. The summed E-state index contributed by atoms with van der Waals surface area (Å²) in [5.41, 5.74) is 0.886. The number of nitrogens with zero attached hydrogens (tertiary/aromatic N) is 1. The molecule has 1 aliphatic heterocycles. The van der Waals surface area contributed by atoms with E-state index < -0.39 is 4.92 Å². The van der Waals surface area contributed by atoms with Gasteiger partial charge in [0.25, 0.3) is 5.69 Å². The van der Waals surface area contributed by atoms with Crippen LogP contribution in [0.2, 0.25) is 0 Å². The predicted molar refractivity (Wildman–Crippen MR) is 70.3 cm³/mol. The van der Waals surface area contributed by atoms with E-state index in [2.05, 4.69) is 5.32 Å². The van der Waals surface area contributed by atoms with Crippen LogP contribution in [0.5, 0.6) is 5.75 Å². The Bertz CT molecular complexity index is 444. The van der Waals surface area contributed by atoms with Crippen LogP contribution in [0.25, 0.3) is 0 Å². The second kappa shape index (κ2) is 6.49. The quantitative estimate of drug-likeness (QED) is 0.627. The van der Waals surface area contributed by atoms with Gasteiger partial charge in [-0.1, -0.05) is 0 Å². The highest BCUT2D eigenvalue weighted by molar-refractivity contribution is 5.43. The van der Waals surface area contributed by atoms with Crippen LogP contribution in [-0.2, 0) is 11.3 Å². The number of rotatable bonds is 6. The molecule has 1 fully saturated rings. The van der Waals surface area contributed by atoms with Gasteiger partial charge in [-0.05, 0) is 19.5 Å². The summed E-state index contributed by atoms with van der Waals surface area (Å²) in [6, 6.07) is 4.69. The monoisotopic (exact) mass is 266 g/mol. The van der Waals surface area contributed by atoms with Crippen LogP contribution in [0.15, 0.2) is 18.2 Å². The van der Waals surface area contributed by atoms with Crippen LogP contribution in [-0.4, -0.2) is 31.8 Å². The number of hydrogen-bond donors (Lipinski definition) is 1. The molecule has 0 bridgehead atoms. The van der Waals surface area contributed by atoms with Gasteiger partial charge >= 0.3 is 0 Å². The maximum absolute atomic E-state index is 10.8. The second-order valence-electron chi connectivity index (χ2n) is 4.62. The van der Waals surface area contributed by atoms with Crippen molar-refractivity contribution in [2.45, 2.75) is 13.0 Å². The van der Waals surface area contributed by atoms with Gasteiger partial charge in [0, 0.05) is 36.8 Å². The van der Waals surface area contributed by atoms with Crippen molar-refractivity contribution in [1.29, 1.82) is 0 Å². The van der Waals surface area contributed by atoms with Crippen LogP contribution in [0.1, 0.15) is 12.0 Å². The van der Waals surface area contributed by atoms with Crippen LogP contribution >= 0.6 is 0 Å². The molecule has 104 valence electrons. The lowest BCUT2D eigenvalue weighted by atomic mass is 10.1. The number of benzene rings is 1. The zero-order chi connectivity index (χ0) is 13.7. The summed E-state index contributed by atoms with van der Waals surface area (Å²) >= 11 is 0. The van der Waals surface area contributed by atoms with Crippen molar-refractivity contribution in [1.82, 2.24) is 5.32 Å². The van der Waals surface area contributed by atoms with Gasteiger partial charge in [0.05, 0.1) is 18.1 Å². The number of nitro groups is 1. The molecule has 1 saturated heterocycles. The summed E-state index contributed by atoms with van der Waals surface area (Å²) in [6.45, 7) is 2.65. The Morgan fingerprint density at radius 1 is 1.58 bits per heavy atom. The molecule has 1 aromatic rings. The van der Waals surface area contributed by atoms with E-state index in [1.54, 1.807) is 19.2 Å². The molecule has 0 amide bonds. The smallest absolute Gasteiger partial charge is 0.270 e. The molecule has 1 unspecified atom stereocenters. The van der Waals surface area contributed by atoms with Gasteiger partial charge < -0.3 is 14.8 Å². The van der Waals surface area contributed by atoms with Crippen LogP contribution in [0.4, 0.5) is 5.69 Å². The fourth-order valence-electron chi connectivity index (χ4n) is 2.07. The van der Waals surface area contributed by atoms with Gasteiger partial charge in [-0.25, -0.2) is 0 Å². The van der Waals surface area contributed by atoms with E-state index in [0.717, 1.165) is 25.2 Å². The van der Waals surface area contributed by atoms with Gasteiger partial charge in [-0.3, -0.25) is 10.1 Å². The molecule has 1 atom stereocenters. The van der Waals surface area contributed by atoms with Crippen molar-refractivity contribution in [3.63, 3.8) is 0 Å². The molecular weight excluding hydrogens is 248 g/mol. The maximum atomic E-state index is 10.8. The highest BCUT2D eigenvalue weighted by atomic mass is 16.6. The zero-order valence-electron chi connectivity index (χ0n) is 10.9. The molecule has 19 heavy (non-hydrogen) atoms. The first kappa shape index (κ1) is 13.8. The van der Waals surface area contributed by atoms with Crippen molar-refractivity contribution in [3.05, 3.63) is 33.9 Å². The third-order valence-electron chi connectivity index (χ3n) is 3.12. The van der Waals surface area contributed by atoms with E-state index in [4.69, 9.17) is 9.47 Å². The lowest BCUT2D eigenvalue weighted by molar-refractivity contribution is -0.384. The van der Waals surface area contributed by atoms with Crippen molar-refractivity contribution in [2.24, 2.45) is 5.92 Å². The average Bonchev–Trinajstić information content (AvgIpc) is 2.90.